The van der Waals surface area contributed by atoms with Crippen LogP contribution >= 0.6 is 15.9 Å². The second-order valence-corrected chi connectivity index (χ2v) is 10.5. The second-order valence-electron chi connectivity index (χ2n) is 9.60. The SMILES string of the molecule is O=C1NC(=O)N(C2CCCC2)C(=O)/C1=C\c1cn(CC(=O)N2CCCCCC2)c2ccc(Br)cc12. The number of urea groups is 1. The Kier molecular flexibility index (Phi) is 6.77. The first-order valence-corrected chi connectivity index (χ1v) is 13.2. The maximum atomic E-state index is 13.3. The minimum absolute atomic E-state index is 0.0608. The van der Waals surface area contributed by atoms with Crippen LogP contribution in [0, 0.1) is 0 Å². The number of nitrogens with one attached hydrogen (secondary N) is 1. The van der Waals surface area contributed by atoms with Crippen molar-refractivity contribution in [1.82, 2.24) is 19.7 Å². The second kappa shape index (κ2) is 9.97. The highest BCUT2D eigenvalue weighted by Crippen LogP contribution is 2.30. The molecule has 0 bridgehead atoms. The molecule has 5 amide bonds. The summed E-state index contributed by atoms with van der Waals surface area (Å²) in [5, 5.41) is 3.16. The van der Waals surface area contributed by atoms with E-state index in [1.165, 1.54) is 4.90 Å². The predicted molar refractivity (Wildman–Crippen MR) is 135 cm³/mol. The highest BCUT2D eigenvalue weighted by atomic mass is 79.9. The largest absolute Gasteiger partial charge is 0.341 e. The highest BCUT2D eigenvalue weighted by molar-refractivity contribution is 9.10. The van der Waals surface area contributed by atoms with Gasteiger partial charge >= 0.3 is 6.03 Å². The summed E-state index contributed by atoms with van der Waals surface area (Å²) in [5.74, 6) is -1.18. The first-order chi connectivity index (χ1) is 16.9. The van der Waals surface area contributed by atoms with Crippen molar-refractivity contribution in [2.45, 2.75) is 64.0 Å². The third-order valence-electron chi connectivity index (χ3n) is 7.26. The Balaban J connectivity index is 1.49. The number of barbiturate groups is 1. The topological polar surface area (TPSA) is 91.7 Å². The molecule has 184 valence electrons. The number of hydrogen-bond donors (Lipinski definition) is 1. The van der Waals surface area contributed by atoms with E-state index in [9.17, 15) is 19.2 Å². The summed E-state index contributed by atoms with van der Waals surface area (Å²) in [6, 6.07) is 4.93. The number of nitrogens with zero attached hydrogens (tertiary/aromatic N) is 3. The summed E-state index contributed by atoms with van der Waals surface area (Å²) in [4.78, 5) is 54.6. The van der Waals surface area contributed by atoms with Crippen LogP contribution in [-0.4, -0.2) is 57.3 Å². The van der Waals surface area contributed by atoms with Crippen LogP contribution in [0.25, 0.3) is 17.0 Å². The number of aromatic nitrogens is 1. The summed E-state index contributed by atoms with van der Waals surface area (Å²) >= 11 is 3.50. The quantitative estimate of drug-likeness (QED) is 0.464. The van der Waals surface area contributed by atoms with E-state index in [0.717, 1.165) is 79.8 Å². The van der Waals surface area contributed by atoms with Gasteiger partial charge in [-0.3, -0.25) is 24.6 Å². The molecule has 1 aliphatic carbocycles. The molecule has 1 aromatic heterocycles. The molecule has 2 saturated heterocycles. The van der Waals surface area contributed by atoms with Crippen LogP contribution in [0.15, 0.2) is 34.4 Å². The Bertz CT molecular complexity index is 1220. The number of carbonyl (C=O) groups excluding carboxylic acids is 4. The Morgan fingerprint density at radius 2 is 1.74 bits per heavy atom. The predicted octanol–water partition coefficient (Wildman–Crippen LogP) is 4.21. The molecule has 3 heterocycles. The van der Waals surface area contributed by atoms with Gasteiger partial charge in [0.2, 0.25) is 5.91 Å². The van der Waals surface area contributed by atoms with Crippen LogP contribution in [0.3, 0.4) is 0 Å². The molecule has 1 aromatic carbocycles. The van der Waals surface area contributed by atoms with Crippen molar-refractivity contribution in [2.24, 2.45) is 0 Å². The zero-order valence-corrected chi connectivity index (χ0v) is 21.2. The molecule has 0 spiro atoms. The van der Waals surface area contributed by atoms with Crippen molar-refractivity contribution in [2.75, 3.05) is 13.1 Å². The molecule has 35 heavy (non-hydrogen) atoms. The lowest BCUT2D eigenvalue weighted by Crippen LogP contribution is -2.57. The number of benzene rings is 1. The van der Waals surface area contributed by atoms with Crippen LogP contribution in [-0.2, 0) is 20.9 Å². The lowest BCUT2D eigenvalue weighted by molar-refractivity contribution is -0.132. The first kappa shape index (κ1) is 23.8. The number of imide groups is 2. The molecule has 5 rings (SSSR count). The van der Waals surface area contributed by atoms with Gasteiger partial charge in [-0.15, -0.1) is 0 Å². The molecule has 3 aliphatic rings. The maximum Gasteiger partial charge on any atom is 0.331 e. The molecule has 0 radical (unpaired) electrons. The van der Waals surface area contributed by atoms with Crippen molar-refractivity contribution >= 4 is 56.7 Å². The molecular formula is C26H29BrN4O4. The van der Waals surface area contributed by atoms with E-state index in [-0.39, 0.29) is 24.1 Å². The van der Waals surface area contributed by atoms with Crippen LogP contribution in [0.5, 0.6) is 0 Å². The monoisotopic (exact) mass is 540 g/mol. The summed E-state index contributed by atoms with van der Waals surface area (Å²) in [7, 11) is 0. The zero-order valence-electron chi connectivity index (χ0n) is 19.6. The molecule has 3 fully saturated rings. The Hall–Kier alpha value is -2.94. The standard InChI is InChI=1S/C26H29BrN4O4/c27-18-9-10-22-20(14-18)17(15-30(22)16-23(32)29-11-5-1-2-6-12-29)13-21-24(33)28-26(35)31(25(21)34)19-7-3-4-8-19/h9-10,13-15,19H,1-8,11-12,16H2,(H,28,33,35)/b21-13-. The molecule has 2 aliphatic heterocycles. The average molecular weight is 541 g/mol. The van der Waals surface area contributed by atoms with Crippen LogP contribution < -0.4 is 5.32 Å². The van der Waals surface area contributed by atoms with Crippen molar-refractivity contribution in [3.63, 3.8) is 0 Å². The number of halogens is 1. The third kappa shape index (κ3) is 4.78. The van der Waals surface area contributed by atoms with Gasteiger partial charge in [0.1, 0.15) is 12.1 Å². The van der Waals surface area contributed by atoms with E-state index in [4.69, 9.17) is 0 Å². The van der Waals surface area contributed by atoms with Crippen LogP contribution in [0.1, 0.15) is 56.9 Å². The van der Waals surface area contributed by atoms with Gasteiger partial charge in [0.15, 0.2) is 0 Å². The van der Waals surface area contributed by atoms with Gasteiger partial charge in [0, 0.05) is 46.3 Å². The molecule has 1 N–H and O–H groups in total. The minimum Gasteiger partial charge on any atom is -0.341 e. The number of hydrogen-bond acceptors (Lipinski definition) is 4. The first-order valence-electron chi connectivity index (χ1n) is 12.4. The van der Waals surface area contributed by atoms with Crippen LogP contribution in [0.2, 0.25) is 0 Å². The normalized spacial score (nSPS) is 21.2. The van der Waals surface area contributed by atoms with Gasteiger partial charge in [-0.1, -0.05) is 41.6 Å². The minimum atomic E-state index is -0.689. The lowest BCUT2D eigenvalue weighted by Gasteiger charge is -2.31. The molecule has 1 saturated carbocycles. The molecule has 2 aromatic rings. The third-order valence-corrected chi connectivity index (χ3v) is 7.75. The van der Waals surface area contributed by atoms with Gasteiger partial charge in [0.25, 0.3) is 11.8 Å². The summed E-state index contributed by atoms with van der Waals surface area (Å²) in [6.45, 7) is 1.74. The van der Waals surface area contributed by atoms with Crippen molar-refractivity contribution in [1.29, 1.82) is 0 Å². The van der Waals surface area contributed by atoms with E-state index in [0.29, 0.717) is 5.56 Å². The van der Waals surface area contributed by atoms with Crippen molar-refractivity contribution in [3.8, 4) is 0 Å². The van der Waals surface area contributed by atoms with Crippen LogP contribution in [0.4, 0.5) is 4.79 Å². The smallest absolute Gasteiger partial charge is 0.331 e. The number of rotatable bonds is 4. The fourth-order valence-corrected chi connectivity index (χ4v) is 5.79. The Morgan fingerprint density at radius 1 is 1.03 bits per heavy atom. The van der Waals surface area contributed by atoms with Gasteiger partial charge in [-0.05, 0) is 50.0 Å². The maximum absolute atomic E-state index is 13.3. The number of amides is 5. The lowest BCUT2D eigenvalue weighted by atomic mass is 10.0. The van der Waals surface area contributed by atoms with Crippen molar-refractivity contribution in [3.05, 3.63) is 40.0 Å². The van der Waals surface area contributed by atoms with E-state index < -0.39 is 17.8 Å². The zero-order chi connectivity index (χ0) is 24.5. The number of fused-ring (bicyclic) bond motifs is 1. The molecule has 9 heteroatoms. The van der Waals surface area contributed by atoms with E-state index >= 15 is 0 Å². The summed E-state index contributed by atoms with van der Waals surface area (Å²) < 4.78 is 2.73. The fourth-order valence-electron chi connectivity index (χ4n) is 5.43. The summed E-state index contributed by atoms with van der Waals surface area (Å²) in [5.41, 5.74) is 1.44. The fraction of sp³-hybridized carbons (Fsp3) is 0.462. The molecule has 0 unspecified atom stereocenters. The van der Waals surface area contributed by atoms with Gasteiger partial charge < -0.3 is 9.47 Å². The number of carbonyl (C=O) groups is 4. The highest BCUT2D eigenvalue weighted by Gasteiger charge is 2.40. The number of likely N-dealkylation sites (tertiary alicyclic amines) is 1. The van der Waals surface area contributed by atoms with E-state index in [1.54, 1.807) is 6.08 Å². The van der Waals surface area contributed by atoms with Gasteiger partial charge in [0.05, 0.1) is 0 Å². The van der Waals surface area contributed by atoms with Gasteiger partial charge in [-0.2, -0.15) is 0 Å². The molecule has 0 atom stereocenters. The molecule has 8 nitrogen and oxygen atoms in total. The van der Waals surface area contributed by atoms with Gasteiger partial charge in [-0.25, -0.2) is 4.79 Å². The summed E-state index contributed by atoms with van der Waals surface area (Å²) in [6.07, 6.45) is 11.1. The average Bonchev–Trinajstić information content (AvgIpc) is 3.36. The van der Waals surface area contributed by atoms with Crippen molar-refractivity contribution < 1.29 is 19.2 Å². The van der Waals surface area contributed by atoms with E-state index in [2.05, 4.69) is 21.2 Å². The van der Waals surface area contributed by atoms with E-state index in [1.807, 2.05) is 33.9 Å². The Labute approximate surface area is 212 Å². The molecular weight excluding hydrogens is 512 g/mol. The Morgan fingerprint density at radius 3 is 2.46 bits per heavy atom.